The number of hydrogen-bond donors (Lipinski definition) is 1. The summed E-state index contributed by atoms with van der Waals surface area (Å²) in [5, 5.41) is 8.37. The van der Waals surface area contributed by atoms with E-state index in [0.29, 0.717) is 29.8 Å². The molecule has 0 aliphatic carbocycles. The lowest BCUT2D eigenvalue weighted by Gasteiger charge is -2.37. The van der Waals surface area contributed by atoms with Gasteiger partial charge >= 0.3 is 0 Å². The highest BCUT2D eigenvalue weighted by Gasteiger charge is 2.30. The lowest BCUT2D eigenvalue weighted by atomic mass is 9.68. The molecule has 0 aromatic carbocycles. The Balaban J connectivity index is 4.33. The molecule has 3 unspecified atom stereocenters. The average molecular weight is 216 g/mol. The smallest absolute Gasteiger partial charge is 0.0822 e. The topological polar surface area (TPSA) is 29.5 Å². The first-order valence-corrected chi connectivity index (χ1v) is 6.10. The second-order valence-electron chi connectivity index (χ2n) is 5.83. The summed E-state index contributed by atoms with van der Waals surface area (Å²) < 4.78 is 0. The van der Waals surface area contributed by atoms with Crippen LogP contribution in [0.15, 0.2) is 0 Å². The van der Waals surface area contributed by atoms with Gasteiger partial charge in [-0.1, -0.05) is 48.0 Å². The van der Waals surface area contributed by atoms with Gasteiger partial charge in [-0.2, -0.15) is 0 Å². The van der Waals surface area contributed by atoms with Gasteiger partial charge in [0.25, 0.3) is 0 Å². The third-order valence-electron chi connectivity index (χ3n) is 3.88. The Hall–Kier alpha value is -0.0800. The fraction of sp³-hybridized carbons (Fsp3) is 1.00. The van der Waals surface area contributed by atoms with Gasteiger partial charge in [-0.25, -0.2) is 4.89 Å². The second-order valence-corrected chi connectivity index (χ2v) is 5.83. The first-order chi connectivity index (χ1) is 6.84. The Morgan fingerprint density at radius 2 is 1.73 bits per heavy atom. The second kappa shape index (κ2) is 6.49. The van der Waals surface area contributed by atoms with Crippen molar-refractivity contribution in [3.63, 3.8) is 0 Å². The summed E-state index contributed by atoms with van der Waals surface area (Å²) in [5.74, 6) is 2.01. The van der Waals surface area contributed by atoms with Crippen molar-refractivity contribution >= 4 is 0 Å². The number of rotatable bonds is 6. The fourth-order valence-electron chi connectivity index (χ4n) is 2.34. The van der Waals surface area contributed by atoms with Gasteiger partial charge < -0.3 is 0 Å². The molecule has 0 aromatic heterocycles. The minimum Gasteiger partial charge on any atom is -0.252 e. The fourth-order valence-corrected chi connectivity index (χ4v) is 2.34. The van der Waals surface area contributed by atoms with Crippen LogP contribution in [0.3, 0.4) is 0 Å². The summed E-state index contributed by atoms with van der Waals surface area (Å²) in [6.07, 6.45) is 2.14. The summed E-state index contributed by atoms with van der Waals surface area (Å²) in [5.41, 5.74) is 0.356. The Kier molecular flexibility index (Phi) is 6.46. The highest BCUT2D eigenvalue weighted by atomic mass is 17.1. The maximum atomic E-state index is 8.37. The van der Waals surface area contributed by atoms with Crippen LogP contribution in [0.4, 0.5) is 0 Å². The standard InChI is InChI=1S/C13H28O2/c1-7-12(10(2)8-9-15-14)11(3)13(4,5)6/h10-12,14H,7-9H2,1-6H3. The maximum absolute atomic E-state index is 8.37. The molecule has 15 heavy (non-hydrogen) atoms. The Bertz CT molecular complexity index is 160. The van der Waals surface area contributed by atoms with Crippen LogP contribution >= 0.6 is 0 Å². The SMILES string of the molecule is CCC(C(C)CCOO)C(C)C(C)(C)C. The van der Waals surface area contributed by atoms with E-state index in [9.17, 15) is 0 Å². The van der Waals surface area contributed by atoms with Gasteiger partial charge in [0.15, 0.2) is 0 Å². The van der Waals surface area contributed by atoms with Crippen LogP contribution in [0.5, 0.6) is 0 Å². The molecule has 92 valence electrons. The Labute approximate surface area is 95.0 Å². The highest BCUT2D eigenvalue weighted by Crippen LogP contribution is 2.38. The van der Waals surface area contributed by atoms with Crippen LogP contribution in [0.1, 0.15) is 54.4 Å². The summed E-state index contributed by atoms with van der Waals surface area (Å²) in [4.78, 5) is 4.17. The summed E-state index contributed by atoms with van der Waals surface area (Å²) in [6.45, 7) is 14.2. The van der Waals surface area contributed by atoms with E-state index < -0.39 is 0 Å². The molecule has 0 fully saturated rings. The Morgan fingerprint density at radius 3 is 2.07 bits per heavy atom. The predicted octanol–water partition coefficient (Wildman–Crippen LogP) is 4.21. The molecule has 2 heteroatoms. The van der Waals surface area contributed by atoms with Crippen LogP contribution in [-0.4, -0.2) is 11.9 Å². The van der Waals surface area contributed by atoms with Crippen LogP contribution in [0, 0.1) is 23.2 Å². The normalized spacial score (nSPS) is 18.6. The van der Waals surface area contributed by atoms with E-state index in [1.807, 2.05) is 0 Å². The Morgan fingerprint density at radius 1 is 1.20 bits per heavy atom. The van der Waals surface area contributed by atoms with Crippen molar-refractivity contribution in [3.05, 3.63) is 0 Å². The summed E-state index contributed by atoms with van der Waals surface area (Å²) in [7, 11) is 0. The average Bonchev–Trinajstić information content (AvgIpc) is 2.14. The summed E-state index contributed by atoms with van der Waals surface area (Å²) >= 11 is 0. The molecule has 0 spiro atoms. The van der Waals surface area contributed by atoms with E-state index in [0.717, 1.165) is 6.42 Å². The van der Waals surface area contributed by atoms with Gasteiger partial charge in [-0.3, -0.25) is 5.26 Å². The quantitative estimate of drug-likeness (QED) is 0.532. The zero-order valence-electron chi connectivity index (χ0n) is 11.2. The van der Waals surface area contributed by atoms with Gasteiger partial charge in [0.05, 0.1) is 6.61 Å². The van der Waals surface area contributed by atoms with Crippen molar-refractivity contribution in [2.45, 2.75) is 54.4 Å². The third-order valence-corrected chi connectivity index (χ3v) is 3.88. The number of hydrogen-bond acceptors (Lipinski definition) is 2. The van der Waals surface area contributed by atoms with E-state index in [2.05, 4.69) is 46.4 Å². The molecule has 0 aliphatic heterocycles. The van der Waals surface area contributed by atoms with Crippen molar-refractivity contribution in [1.29, 1.82) is 0 Å². The predicted molar refractivity (Wildman–Crippen MR) is 64.8 cm³/mol. The largest absolute Gasteiger partial charge is 0.252 e. The summed E-state index contributed by atoms with van der Waals surface area (Å²) in [6, 6.07) is 0. The van der Waals surface area contributed by atoms with Crippen molar-refractivity contribution in [3.8, 4) is 0 Å². The lowest BCUT2D eigenvalue weighted by Crippen LogP contribution is -2.30. The zero-order valence-corrected chi connectivity index (χ0v) is 11.2. The van der Waals surface area contributed by atoms with Gasteiger partial charge in [-0.15, -0.1) is 0 Å². The van der Waals surface area contributed by atoms with E-state index in [-0.39, 0.29) is 0 Å². The monoisotopic (exact) mass is 216 g/mol. The van der Waals surface area contributed by atoms with Crippen LogP contribution < -0.4 is 0 Å². The molecular weight excluding hydrogens is 188 g/mol. The first kappa shape index (κ1) is 14.9. The molecule has 0 saturated carbocycles. The van der Waals surface area contributed by atoms with Crippen molar-refractivity contribution in [2.75, 3.05) is 6.61 Å². The molecule has 1 N–H and O–H groups in total. The molecule has 0 heterocycles. The minimum atomic E-state index is 0.356. The van der Waals surface area contributed by atoms with Crippen molar-refractivity contribution in [1.82, 2.24) is 0 Å². The maximum Gasteiger partial charge on any atom is 0.0822 e. The van der Waals surface area contributed by atoms with Crippen molar-refractivity contribution in [2.24, 2.45) is 23.2 Å². The molecule has 0 radical (unpaired) electrons. The third kappa shape index (κ3) is 4.98. The molecule has 0 bridgehead atoms. The van der Waals surface area contributed by atoms with E-state index in [1.54, 1.807) is 0 Å². The molecule has 0 aromatic rings. The van der Waals surface area contributed by atoms with Crippen molar-refractivity contribution < 1.29 is 10.1 Å². The minimum absolute atomic E-state index is 0.356. The molecule has 0 amide bonds. The molecular formula is C13H28O2. The van der Waals surface area contributed by atoms with E-state index in [4.69, 9.17) is 5.26 Å². The van der Waals surface area contributed by atoms with Crippen LogP contribution in [0.2, 0.25) is 0 Å². The first-order valence-electron chi connectivity index (χ1n) is 6.10. The van der Waals surface area contributed by atoms with Gasteiger partial charge in [0.2, 0.25) is 0 Å². The highest BCUT2D eigenvalue weighted by molar-refractivity contribution is 4.79. The molecule has 0 rings (SSSR count). The van der Waals surface area contributed by atoms with E-state index in [1.165, 1.54) is 6.42 Å². The molecule has 0 aliphatic rings. The lowest BCUT2D eigenvalue weighted by molar-refractivity contribution is -0.245. The molecule has 0 saturated heterocycles. The van der Waals surface area contributed by atoms with Crippen LogP contribution in [-0.2, 0) is 4.89 Å². The van der Waals surface area contributed by atoms with Gasteiger partial charge in [-0.05, 0) is 29.6 Å². The van der Waals surface area contributed by atoms with E-state index >= 15 is 0 Å². The molecule has 3 atom stereocenters. The van der Waals surface area contributed by atoms with Crippen LogP contribution in [0.25, 0.3) is 0 Å². The van der Waals surface area contributed by atoms with Gasteiger partial charge in [0, 0.05) is 0 Å². The molecule has 2 nitrogen and oxygen atoms in total. The zero-order chi connectivity index (χ0) is 12.1. The van der Waals surface area contributed by atoms with Gasteiger partial charge in [0.1, 0.15) is 0 Å².